The van der Waals surface area contributed by atoms with Crippen LogP contribution in [0.1, 0.15) is 31.4 Å². The van der Waals surface area contributed by atoms with Crippen LogP contribution in [-0.2, 0) is 26.2 Å². The molecule has 2 rings (SSSR count). The third kappa shape index (κ3) is 7.21. The molecule has 2 aromatic rings. The minimum atomic E-state index is -3.74. The first-order valence-electron chi connectivity index (χ1n) is 10.8. The van der Waals surface area contributed by atoms with E-state index < -0.39 is 28.5 Å². The molecule has 9 heteroatoms. The lowest BCUT2D eigenvalue weighted by Gasteiger charge is -2.32. The van der Waals surface area contributed by atoms with Crippen LogP contribution in [0.4, 0.5) is 5.69 Å². The van der Waals surface area contributed by atoms with Crippen molar-refractivity contribution in [3.63, 3.8) is 0 Å². The van der Waals surface area contributed by atoms with Crippen molar-refractivity contribution in [2.24, 2.45) is 0 Å². The zero-order valence-corrected chi connectivity index (χ0v) is 20.7. The summed E-state index contributed by atoms with van der Waals surface area (Å²) in [6, 6.07) is 13.4. The van der Waals surface area contributed by atoms with Gasteiger partial charge in [-0.3, -0.25) is 13.9 Å². The standard InChI is InChI=1S/C24H33N3O5S/c1-6-15-25-24(29)19(3)26(16-20-11-13-21(32-4)14-12-20)23(28)17-27(33(5,30)31)22-10-8-7-9-18(22)2/h7-14,19H,6,15-17H2,1-5H3,(H,25,29)/t19-/m1/s1. The van der Waals surface area contributed by atoms with Crippen LogP contribution in [0.25, 0.3) is 0 Å². The van der Waals surface area contributed by atoms with Gasteiger partial charge in [-0.05, 0) is 49.6 Å². The fourth-order valence-corrected chi connectivity index (χ4v) is 4.25. The van der Waals surface area contributed by atoms with Crippen molar-refractivity contribution in [2.45, 2.75) is 39.8 Å². The van der Waals surface area contributed by atoms with Crippen LogP contribution in [0.5, 0.6) is 5.75 Å². The number of hydrogen-bond acceptors (Lipinski definition) is 5. The number of amides is 2. The van der Waals surface area contributed by atoms with Gasteiger partial charge < -0.3 is 15.0 Å². The first-order chi connectivity index (χ1) is 15.6. The van der Waals surface area contributed by atoms with E-state index in [1.54, 1.807) is 57.4 Å². The Balaban J connectivity index is 2.37. The molecule has 1 atom stereocenters. The van der Waals surface area contributed by atoms with Crippen molar-refractivity contribution in [1.82, 2.24) is 10.2 Å². The summed E-state index contributed by atoms with van der Waals surface area (Å²) in [5, 5.41) is 2.81. The first-order valence-corrected chi connectivity index (χ1v) is 12.7. The van der Waals surface area contributed by atoms with Gasteiger partial charge in [0.05, 0.1) is 19.1 Å². The van der Waals surface area contributed by atoms with E-state index in [0.29, 0.717) is 18.0 Å². The maximum Gasteiger partial charge on any atom is 0.244 e. The summed E-state index contributed by atoms with van der Waals surface area (Å²) in [5.41, 5.74) is 1.95. The van der Waals surface area contributed by atoms with Crippen LogP contribution in [0.3, 0.4) is 0 Å². The summed E-state index contributed by atoms with van der Waals surface area (Å²) >= 11 is 0. The number of carbonyl (C=O) groups is 2. The molecular weight excluding hydrogens is 442 g/mol. The molecule has 0 fully saturated rings. The van der Waals surface area contributed by atoms with Crippen LogP contribution in [-0.4, -0.2) is 57.6 Å². The number of carbonyl (C=O) groups excluding carboxylic acids is 2. The number of nitrogens with zero attached hydrogens (tertiary/aromatic N) is 2. The Bertz CT molecular complexity index is 1050. The van der Waals surface area contributed by atoms with Crippen LogP contribution in [0.2, 0.25) is 0 Å². The Morgan fingerprint density at radius 3 is 2.27 bits per heavy atom. The zero-order valence-electron chi connectivity index (χ0n) is 19.9. The molecule has 180 valence electrons. The van der Waals surface area contributed by atoms with E-state index in [4.69, 9.17) is 4.74 Å². The van der Waals surface area contributed by atoms with Gasteiger partial charge in [0.15, 0.2) is 0 Å². The predicted molar refractivity (Wildman–Crippen MR) is 130 cm³/mol. The maximum absolute atomic E-state index is 13.4. The topological polar surface area (TPSA) is 96.0 Å². The normalized spacial score (nSPS) is 12.0. The third-order valence-electron chi connectivity index (χ3n) is 5.29. The van der Waals surface area contributed by atoms with Gasteiger partial charge >= 0.3 is 0 Å². The van der Waals surface area contributed by atoms with Gasteiger partial charge in [-0.2, -0.15) is 0 Å². The second kappa shape index (κ2) is 11.7. The van der Waals surface area contributed by atoms with Crippen molar-refractivity contribution in [2.75, 3.05) is 30.8 Å². The monoisotopic (exact) mass is 475 g/mol. The van der Waals surface area contributed by atoms with Crippen LogP contribution in [0.15, 0.2) is 48.5 Å². The summed E-state index contributed by atoms with van der Waals surface area (Å²) in [7, 11) is -2.18. The van der Waals surface area contributed by atoms with Gasteiger partial charge in [0.1, 0.15) is 18.3 Å². The van der Waals surface area contributed by atoms with E-state index in [1.807, 2.05) is 19.1 Å². The second-order valence-corrected chi connectivity index (χ2v) is 9.80. The number of anilines is 1. The molecule has 0 aliphatic rings. The lowest BCUT2D eigenvalue weighted by molar-refractivity contribution is -0.139. The fourth-order valence-electron chi connectivity index (χ4n) is 3.34. The summed E-state index contributed by atoms with van der Waals surface area (Å²) in [4.78, 5) is 27.5. The number of hydrogen-bond donors (Lipinski definition) is 1. The molecule has 0 saturated heterocycles. The van der Waals surface area contributed by atoms with Gasteiger partial charge in [-0.15, -0.1) is 0 Å². The number of benzene rings is 2. The van der Waals surface area contributed by atoms with E-state index in [9.17, 15) is 18.0 Å². The Labute approximate surface area is 196 Å². The lowest BCUT2D eigenvalue weighted by atomic mass is 10.1. The lowest BCUT2D eigenvalue weighted by Crippen LogP contribution is -2.51. The van der Waals surface area contributed by atoms with Crippen LogP contribution < -0.4 is 14.4 Å². The summed E-state index contributed by atoms with van der Waals surface area (Å²) < 4.78 is 31.4. The molecule has 2 aromatic carbocycles. The van der Waals surface area contributed by atoms with E-state index >= 15 is 0 Å². The van der Waals surface area contributed by atoms with Crippen LogP contribution >= 0.6 is 0 Å². The minimum absolute atomic E-state index is 0.148. The smallest absolute Gasteiger partial charge is 0.244 e. The Hall–Kier alpha value is -3.07. The van der Waals surface area contributed by atoms with Crippen molar-refractivity contribution < 1.29 is 22.7 Å². The van der Waals surface area contributed by atoms with Crippen molar-refractivity contribution >= 4 is 27.5 Å². The van der Waals surface area contributed by atoms with E-state index in [1.165, 1.54) is 4.90 Å². The molecule has 0 spiro atoms. The van der Waals surface area contributed by atoms with Gasteiger partial charge in [-0.25, -0.2) is 8.42 Å². The van der Waals surface area contributed by atoms with Crippen LogP contribution in [0, 0.1) is 6.92 Å². The highest BCUT2D eigenvalue weighted by molar-refractivity contribution is 7.92. The predicted octanol–water partition coefficient (Wildman–Crippen LogP) is 2.71. The van der Waals surface area contributed by atoms with Gasteiger partial charge in [0, 0.05) is 13.1 Å². The fraction of sp³-hybridized carbons (Fsp3) is 0.417. The largest absolute Gasteiger partial charge is 0.497 e. The number of rotatable bonds is 11. The number of methoxy groups -OCH3 is 1. The molecular formula is C24H33N3O5S. The maximum atomic E-state index is 13.4. The number of nitrogens with one attached hydrogen (secondary N) is 1. The number of sulfonamides is 1. The molecule has 0 aliphatic heterocycles. The average molecular weight is 476 g/mol. The molecule has 1 N–H and O–H groups in total. The summed E-state index contributed by atoms with van der Waals surface area (Å²) in [6.45, 7) is 5.60. The minimum Gasteiger partial charge on any atom is -0.497 e. The molecule has 0 aromatic heterocycles. The van der Waals surface area contributed by atoms with Crippen molar-refractivity contribution in [1.29, 1.82) is 0 Å². The van der Waals surface area contributed by atoms with E-state index in [-0.39, 0.29) is 12.5 Å². The third-order valence-corrected chi connectivity index (χ3v) is 6.42. The molecule has 0 bridgehead atoms. The van der Waals surface area contributed by atoms with Gasteiger partial charge in [-0.1, -0.05) is 37.3 Å². The SMILES string of the molecule is CCCNC(=O)[C@@H](C)N(Cc1ccc(OC)cc1)C(=O)CN(c1ccccc1C)S(C)(=O)=O. The van der Waals surface area contributed by atoms with E-state index in [2.05, 4.69) is 5.32 Å². The highest BCUT2D eigenvalue weighted by atomic mass is 32.2. The highest BCUT2D eigenvalue weighted by Gasteiger charge is 2.30. The summed E-state index contributed by atoms with van der Waals surface area (Å²) in [6.07, 6.45) is 1.83. The average Bonchev–Trinajstić information content (AvgIpc) is 2.79. The van der Waals surface area contributed by atoms with Crippen molar-refractivity contribution in [3.05, 3.63) is 59.7 Å². The first kappa shape index (κ1) is 26.2. The van der Waals surface area contributed by atoms with Gasteiger partial charge in [0.25, 0.3) is 0 Å². The quantitative estimate of drug-likeness (QED) is 0.539. The number of para-hydroxylation sites is 1. The Morgan fingerprint density at radius 2 is 1.73 bits per heavy atom. The molecule has 0 saturated carbocycles. The molecule has 0 heterocycles. The molecule has 2 amide bonds. The Morgan fingerprint density at radius 1 is 1.09 bits per heavy atom. The zero-order chi connectivity index (χ0) is 24.6. The van der Waals surface area contributed by atoms with E-state index in [0.717, 1.165) is 28.1 Å². The molecule has 0 radical (unpaired) electrons. The molecule has 8 nitrogen and oxygen atoms in total. The molecule has 0 unspecified atom stereocenters. The van der Waals surface area contributed by atoms with Crippen molar-refractivity contribution in [3.8, 4) is 5.75 Å². The summed E-state index contributed by atoms with van der Waals surface area (Å²) in [5.74, 6) is -0.0904. The molecule has 33 heavy (non-hydrogen) atoms. The number of ether oxygens (including phenoxy) is 1. The Kier molecular flexibility index (Phi) is 9.28. The number of aryl methyl sites for hydroxylation is 1. The highest BCUT2D eigenvalue weighted by Crippen LogP contribution is 2.23. The van der Waals surface area contributed by atoms with Gasteiger partial charge in [0.2, 0.25) is 21.8 Å². The molecule has 0 aliphatic carbocycles. The second-order valence-electron chi connectivity index (χ2n) is 7.89.